The molecule has 5 nitrogen and oxygen atoms in total. The summed E-state index contributed by atoms with van der Waals surface area (Å²) in [7, 11) is 0. The second-order valence-electron chi connectivity index (χ2n) is 4.97. The van der Waals surface area contributed by atoms with Crippen LogP contribution in [0.25, 0.3) is 0 Å². The minimum atomic E-state index is -0.320. The van der Waals surface area contributed by atoms with Gasteiger partial charge in [-0.05, 0) is 44.2 Å². The van der Waals surface area contributed by atoms with Crippen LogP contribution in [0.4, 0.5) is 5.69 Å². The number of Topliss-reactive ketones (excluding diaryl/α,β-unsaturated/α-hetero) is 1. The zero-order valence-corrected chi connectivity index (χ0v) is 12.9. The summed E-state index contributed by atoms with van der Waals surface area (Å²) in [6, 6.07) is 10.5. The van der Waals surface area contributed by atoms with Gasteiger partial charge in [0.2, 0.25) is 0 Å². The Balaban J connectivity index is 1.99. The van der Waals surface area contributed by atoms with Crippen LogP contribution in [0.1, 0.15) is 29.9 Å². The van der Waals surface area contributed by atoms with Gasteiger partial charge in [0.05, 0.1) is 24.0 Å². The third kappa shape index (κ3) is 4.05. The Morgan fingerprint density at radius 2 is 2.18 bits per heavy atom. The summed E-state index contributed by atoms with van der Waals surface area (Å²) in [6.45, 7) is 4.81. The number of carbonyl (C=O) groups is 1. The second kappa shape index (κ2) is 7.56. The summed E-state index contributed by atoms with van der Waals surface area (Å²) in [5, 5.41) is 3.17. The van der Waals surface area contributed by atoms with Crippen molar-refractivity contribution < 1.29 is 9.53 Å². The average molecular weight is 299 g/mol. The Morgan fingerprint density at radius 3 is 2.82 bits per heavy atom. The number of ketones is 1. The molecule has 3 N–H and O–H groups in total. The summed E-state index contributed by atoms with van der Waals surface area (Å²) in [4.78, 5) is 16.6. The second-order valence-corrected chi connectivity index (χ2v) is 4.97. The molecule has 1 aromatic heterocycles. The molecular formula is C17H21N3O2. The third-order valence-electron chi connectivity index (χ3n) is 3.30. The van der Waals surface area contributed by atoms with Crippen molar-refractivity contribution in [2.24, 2.45) is 0 Å². The number of pyridine rings is 1. The van der Waals surface area contributed by atoms with E-state index in [0.29, 0.717) is 30.2 Å². The number of benzene rings is 1. The van der Waals surface area contributed by atoms with Gasteiger partial charge in [0, 0.05) is 18.3 Å². The van der Waals surface area contributed by atoms with E-state index in [-0.39, 0.29) is 11.8 Å². The van der Waals surface area contributed by atoms with Crippen LogP contribution in [0.5, 0.6) is 5.75 Å². The maximum Gasteiger partial charge on any atom is 0.179 e. The molecular weight excluding hydrogens is 278 g/mol. The molecule has 0 bridgehead atoms. The third-order valence-corrected chi connectivity index (χ3v) is 3.30. The zero-order valence-electron chi connectivity index (χ0n) is 12.9. The highest BCUT2D eigenvalue weighted by Gasteiger charge is 2.16. The lowest BCUT2D eigenvalue weighted by Gasteiger charge is -2.14. The fourth-order valence-corrected chi connectivity index (χ4v) is 2.09. The summed E-state index contributed by atoms with van der Waals surface area (Å²) in [5.74, 6) is 0.596. The smallest absolute Gasteiger partial charge is 0.179 e. The fraction of sp³-hybridized carbons (Fsp3) is 0.294. The van der Waals surface area contributed by atoms with E-state index in [1.165, 1.54) is 0 Å². The number of nitrogens with one attached hydrogen (secondary N) is 1. The Kier molecular flexibility index (Phi) is 5.49. The van der Waals surface area contributed by atoms with Crippen molar-refractivity contribution in [3.05, 3.63) is 53.9 Å². The zero-order chi connectivity index (χ0) is 15.9. The van der Waals surface area contributed by atoms with E-state index in [1.54, 1.807) is 24.4 Å². The van der Waals surface area contributed by atoms with Gasteiger partial charge >= 0.3 is 0 Å². The van der Waals surface area contributed by atoms with Gasteiger partial charge in [0.15, 0.2) is 5.78 Å². The van der Waals surface area contributed by atoms with Crippen molar-refractivity contribution in [3.63, 3.8) is 0 Å². The number of nitrogen functional groups attached to an aromatic ring is 1. The summed E-state index contributed by atoms with van der Waals surface area (Å²) >= 11 is 0. The van der Waals surface area contributed by atoms with Gasteiger partial charge in [-0.1, -0.05) is 6.07 Å². The Bertz CT molecular complexity index is 629. The molecule has 0 saturated heterocycles. The fourth-order valence-electron chi connectivity index (χ4n) is 2.09. The largest absolute Gasteiger partial charge is 0.492 e. The van der Waals surface area contributed by atoms with E-state index in [2.05, 4.69) is 10.3 Å². The predicted octanol–water partition coefficient (Wildman–Crippen LogP) is 2.42. The van der Waals surface area contributed by atoms with Crippen LogP contribution in [-0.4, -0.2) is 23.4 Å². The van der Waals surface area contributed by atoms with Crippen molar-refractivity contribution in [1.29, 1.82) is 0 Å². The number of hydrogen-bond acceptors (Lipinski definition) is 5. The molecule has 1 aromatic carbocycles. The first kappa shape index (κ1) is 16.0. The molecule has 116 valence electrons. The number of nitrogens with two attached hydrogens (primary N) is 1. The van der Waals surface area contributed by atoms with E-state index < -0.39 is 0 Å². The van der Waals surface area contributed by atoms with Gasteiger partial charge in [0.25, 0.3) is 0 Å². The molecule has 2 rings (SSSR count). The molecule has 0 radical (unpaired) electrons. The minimum Gasteiger partial charge on any atom is -0.492 e. The molecule has 0 aliphatic carbocycles. The number of anilines is 1. The molecule has 1 atom stereocenters. The number of nitrogens with zero attached hydrogens (tertiary/aromatic N) is 1. The van der Waals surface area contributed by atoms with Gasteiger partial charge in [-0.2, -0.15) is 0 Å². The molecule has 1 heterocycles. The van der Waals surface area contributed by atoms with Crippen LogP contribution < -0.4 is 15.8 Å². The summed E-state index contributed by atoms with van der Waals surface area (Å²) in [6.07, 6.45) is 1.73. The highest BCUT2D eigenvalue weighted by atomic mass is 16.5. The predicted molar refractivity (Wildman–Crippen MR) is 86.9 cm³/mol. The van der Waals surface area contributed by atoms with Crippen molar-refractivity contribution in [2.75, 3.05) is 12.3 Å². The van der Waals surface area contributed by atoms with Gasteiger partial charge in [-0.25, -0.2) is 0 Å². The average Bonchev–Trinajstić information content (AvgIpc) is 2.55. The lowest BCUT2D eigenvalue weighted by molar-refractivity contribution is 0.0950. The normalized spacial score (nSPS) is 11.9. The Hall–Kier alpha value is -2.40. The minimum absolute atomic E-state index is 0.00863. The molecule has 2 aromatic rings. The molecule has 22 heavy (non-hydrogen) atoms. The summed E-state index contributed by atoms with van der Waals surface area (Å²) < 4.78 is 5.38. The lowest BCUT2D eigenvalue weighted by atomic mass is 10.0. The van der Waals surface area contributed by atoms with Crippen LogP contribution in [-0.2, 0) is 6.54 Å². The maximum absolute atomic E-state index is 12.4. The first-order valence-corrected chi connectivity index (χ1v) is 7.31. The molecule has 1 unspecified atom stereocenters. The molecule has 0 amide bonds. The maximum atomic E-state index is 12.4. The topological polar surface area (TPSA) is 77.2 Å². The monoisotopic (exact) mass is 299 g/mol. The van der Waals surface area contributed by atoms with Crippen LogP contribution in [0.15, 0.2) is 42.6 Å². The quantitative estimate of drug-likeness (QED) is 0.606. The molecule has 0 spiro atoms. The van der Waals surface area contributed by atoms with Gasteiger partial charge in [0.1, 0.15) is 5.75 Å². The van der Waals surface area contributed by atoms with Gasteiger partial charge in [-0.15, -0.1) is 0 Å². The highest BCUT2D eigenvalue weighted by molar-refractivity contribution is 6.00. The van der Waals surface area contributed by atoms with E-state index in [9.17, 15) is 4.79 Å². The number of carbonyl (C=O) groups excluding carboxylic acids is 1. The van der Waals surface area contributed by atoms with Crippen molar-refractivity contribution in [1.82, 2.24) is 10.3 Å². The van der Waals surface area contributed by atoms with Crippen molar-refractivity contribution >= 4 is 11.5 Å². The molecule has 0 aliphatic rings. The van der Waals surface area contributed by atoms with Crippen LogP contribution in [0, 0.1) is 0 Å². The van der Waals surface area contributed by atoms with E-state index >= 15 is 0 Å². The van der Waals surface area contributed by atoms with E-state index in [4.69, 9.17) is 10.5 Å². The molecule has 0 aliphatic heterocycles. The van der Waals surface area contributed by atoms with Crippen LogP contribution >= 0.6 is 0 Å². The van der Waals surface area contributed by atoms with Crippen LogP contribution in [0.2, 0.25) is 0 Å². The number of rotatable bonds is 7. The SMILES string of the molecule is CCOc1ccc(C(=O)C(C)NCc2ccccn2)cc1N. The Morgan fingerprint density at radius 1 is 1.36 bits per heavy atom. The molecule has 0 saturated carbocycles. The number of hydrogen-bond donors (Lipinski definition) is 2. The number of ether oxygens (including phenoxy) is 1. The van der Waals surface area contributed by atoms with Crippen molar-refractivity contribution in [3.8, 4) is 5.75 Å². The Labute approximate surface area is 130 Å². The molecule has 0 fully saturated rings. The van der Waals surface area contributed by atoms with Crippen LogP contribution in [0.3, 0.4) is 0 Å². The van der Waals surface area contributed by atoms with Gasteiger partial charge < -0.3 is 15.8 Å². The highest BCUT2D eigenvalue weighted by Crippen LogP contribution is 2.23. The standard InChI is InChI=1S/C17H21N3O2/c1-3-22-16-8-7-13(10-15(16)18)17(21)12(2)20-11-14-6-4-5-9-19-14/h4-10,12,20H,3,11,18H2,1-2H3. The first-order valence-electron chi connectivity index (χ1n) is 7.31. The van der Waals surface area contributed by atoms with E-state index in [1.807, 2.05) is 32.0 Å². The summed E-state index contributed by atoms with van der Waals surface area (Å²) in [5.41, 5.74) is 7.85. The first-order chi connectivity index (χ1) is 10.6. The molecule has 5 heteroatoms. The van der Waals surface area contributed by atoms with Crippen molar-refractivity contribution in [2.45, 2.75) is 26.4 Å². The van der Waals surface area contributed by atoms with Gasteiger partial charge in [-0.3, -0.25) is 9.78 Å². The van der Waals surface area contributed by atoms with E-state index in [0.717, 1.165) is 5.69 Å². The number of aromatic nitrogens is 1. The lowest BCUT2D eigenvalue weighted by Crippen LogP contribution is -2.33.